The Morgan fingerprint density at radius 2 is 1.76 bits per heavy atom. The van der Waals surface area contributed by atoms with Crippen molar-refractivity contribution in [3.05, 3.63) is 64.2 Å². The molecule has 1 amide bonds. The molecule has 2 aromatic carbocycles. The average Bonchev–Trinajstić information content (AvgIpc) is 3.43. The number of piperazine rings is 1. The lowest BCUT2D eigenvalue weighted by molar-refractivity contribution is -0.144. The first-order chi connectivity index (χ1) is 21.5. The van der Waals surface area contributed by atoms with Gasteiger partial charge in [0.1, 0.15) is 10.8 Å². The van der Waals surface area contributed by atoms with Crippen LogP contribution in [-0.2, 0) is 28.1 Å². The summed E-state index contributed by atoms with van der Waals surface area (Å²) in [7, 11) is 0. The molecule has 5 rings (SSSR count). The first-order valence-electron chi connectivity index (χ1n) is 15.3. The first kappa shape index (κ1) is 33.3. The number of rotatable bonds is 10. The number of ether oxygens (including phenoxy) is 1. The molecule has 1 aliphatic carbocycles. The third kappa shape index (κ3) is 8.59. The van der Waals surface area contributed by atoms with Crippen LogP contribution in [0.1, 0.15) is 60.7 Å². The summed E-state index contributed by atoms with van der Waals surface area (Å²) in [5.41, 5.74) is 1.66. The first-order valence-corrected chi connectivity index (χ1v) is 17.1. The van der Waals surface area contributed by atoms with Crippen LogP contribution in [0.2, 0.25) is 0 Å². The lowest BCUT2D eigenvalue weighted by Gasteiger charge is -2.37. The number of carboxylic acids is 1. The number of nitrogens with zero attached hydrogens (tertiary/aromatic N) is 3. The van der Waals surface area contributed by atoms with Crippen molar-refractivity contribution in [2.75, 3.05) is 26.2 Å². The molecule has 12 heteroatoms. The summed E-state index contributed by atoms with van der Waals surface area (Å²) in [6, 6.07) is 10.7. The van der Waals surface area contributed by atoms with Crippen LogP contribution in [0.25, 0.3) is 10.6 Å². The molecule has 1 unspecified atom stereocenters. The van der Waals surface area contributed by atoms with E-state index in [1.165, 1.54) is 36.8 Å². The third-order valence-electron chi connectivity index (χ3n) is 8.42. The maximum Gasteiger partial charge on any atom is 0.416 e. The molecule has 1 aromatic heterocycles. The van der Waals surface area contributed by atoms with E-state index >= 15 is 0 Å². The maximum atomic E-state index is 13.2. The third-order valence-corrected chi connectivity index (χ3v) is 10.8. The van der Waals surface area contributed by atoms with E-state index in [-0.39, 0.29) is 11.8 Å². The fourth-order valence-electron chi connectivity index (χ4n) is 5.72. The van der Waals surface area contributed by atoms with E-state index in [2.05, 4.69) is 4.90 Å². The number of carbonyl (C=O) groups is 2. The second-order valence-corrected chi connectivity index (χ2v) is 13.8. The molecule has 0 radical (unpaired) electrons. The van der Waals surface area contributed by atoms with Gasteiger partial charge in [-0.3, -0.25) is 9.69 Å². The molecule has 45 heavy (non-hydrogen) atoms. The largest absolute Gasteiger partial charge is 0.479 e. The number of thioether (sulfide) groups is 1. The highest BCUT2D eigenvalue weighted by Crippen LogP contribution is 2.37. The quantitative estimate of drug-likeness (QED) is 0.225. The lowest BCUT2D eigenvalue weighted by atomic mass is 9.88. The van der Waals surface area contributed by atoms with Crippen LogP contribution in [0.3, 0.4) is 0 Å². The van der Waals surface area contributed by atoms with Gasteiger partial charge in [-0.2, -0.15) is 13.2 Å². The van der Waals surface area contributed by atoms with E-state index in [4.69, 9.17) is 14.8 Å². The van der Waals surface area contributed by atoms with Gasteiger partial charge in [-0.1, -0.05) is 31.4 Å². The smallest absolute Gasteiger partial charge is 0.416 e. The van der Waals surface area contributed by atoms with Crippen LogP contribution in [0, 0.1) is 12.8 Å². The van der Waals surface area contributed by atoms with E-state index in [0.717, 1.165) is 71.9 Å². The number of hydrogen-bond acceptors (Lipinski definition) is 7. The SMILES string of the molecule is Cc1cc(SCc2sc(-c3ccc(C(F)(F)F)cc3)nc2CN2CCN(C(=O)C3CCCCC3)CC2)ccc1OC(C)C(=O)O. The summed E-state index contributed by atoms with van der Waals surface area (Å²) in [6.45, 7) is 6.80. The molecule has 3 aromatic rings. The second-order valence-electron chi connectivity index (χ2n) is 11.7. The Morgan fingerprint density at radius 3 is 2.38 bits per heavy atom. The summed E-state index contributed by atoms with van der Waals surface area (Å²) >= 11 is 3.09. The molecule has 242 valence electrons. The Bertz CT molecular complexity index is 1480. The normalized spacial score (nSPS) is 17.3. The molecule has 1 saturated heterocycles. The van der Waals surface area contributed by atoms with Gasteiger partial charge >= 0.3 is 12.1 Å². The number of aromatic nitrogens is 1. The number of aliphatic carboxylic acids is 1. The van der Waals surface area contributed by atoms with Crippen molar-refractivity contribution in [1.82, 2.24) is 14.8 Å². The molecule has 1 N–H and O–H groups in total. The standard InChI is InChI=1S/C33H38F3N3O4S2/c1-21-18-26(12-13-28(21)43-22(2)32(41)42)44-20-29-27(37-30(45-29)23-8-10-25(11-9-23)33(34,35)36)19-38-14-16-39(17-15-38)31(40)24-6-4-3-5-7-24/h8-13,18,22,24H,3-7,14-17,19-20H2,1-2H3,(H,41,42). The summed E-state index contributed by atoms with van der Waals surface area (Å²) in [5, 5.41) is 9.83. The van der Waals surface area contributed by atoms with E-state index in [0.29, 0.717) is 41.7 Å². The number of carboxylic acid groups (broad SMARTS) is 1. The van der Waals surface area contributed by atoms with Gasteiger partial charge in [-0.05, 0) is 62.6 Å². The number of hydrogen-bond donors (Lipinski definition) is 1. The van der Waals surface area contributed by atoms with Crippen molar-refractivity contribution in [3.8, 4) is 16.3 Å². The van der Waals surface area contributed by atoms with Gasteiger partial charge in [0.2, 0.25) is 5.91 Å². The number of benzene rings is 2. The number of thiazole rings is 1. The van der Waals surface area contributed by atoms with Gasteiger partial charge in [0.05, 0.1) is 11.3 Å². The summed E-state index contributed by atoms with van der Waals surface area (Å²) in [4.78, 5) is 35.5. The molecule has 2 aliphatic rings. The monoisotopic (exact) mass is 661 g/mol. The van der Waals surface area contributed by atoms with E-state index in [1.54, 1.807) is 17.8 Å². The lowest BCUT2D eigenvalue weighted by Crippen LogP contribution is -2.50. The number of aryl methyl sites for hydroxylation is 1. The van der Waals surface area contributed by atoms with Crippen LogP contribution >= 0.6 is 23.1 Å². The predicted octanol–water partition coefficient (Wildman–Crippen LogP) is 7.51. The van der Waals surface area contributed by atoms with Crippen LogP contribution < -0.4 is 4.74 Å². The minimum absolute atomic E-state index is 0.156. The van der Waals surface area contributed by atoms with Gasteiger partial charge in [-0.15, -0.1) is 23.1 Å². The zero-order valence-corrected chi connectivity index (χ0v) is 27.1. The highest BCUT2D eigenvalue weighted by Gasteiger charge is 2.31. The van der Waals surface area contributed by atoms with E-state index in [1.807, 2.05) is 24.0 Å². The summed E-state index contributed by atoms with van der Waals surface area (Å²) in [5.74, 6) is 0.529. The van der Waals surface area contributed by atoms with Crippen LogP contribution in [0.4, 0.5) is 13.2 Å². The van der Waals surface area contributed by atoms with Crippen molar-refractivity contribution < 1.29 is 32.6 Å². The molecular weight excluding hydrogens is 624 g/mol. The van der Waals surface area contributed by atoms with Crippen molar-refractivity contribution in [1.29, 1.82) is 0 Å². The second kappa shape index (κ2) is 14.6. The molecule has 1 saturated carbocycles. The van der Waals surface area contributed by atoms with Crippen LogP contribution in [0.15, 0.2) is 47.4 Å². The molecule has 7 nitrogen and oxygen atoms in total. The van der Waals surface area contributed by atoms with Gasteiger partial charge in [-0.25, -0.2) is 9.78 Å². The molecule has 2 heterocycles. The number of amides is 1. The van der Waals surface area contributed by atoms with Gasteiger partial charge < -0.3 is 14.7 Å². The van der Waals surface area contributed by atoms with Crippen LogP contribution in [-0.4, -0.2) is 64.0 Å². The van der Waals surface area contributed by atoms with E-state index < -0.39 is 23.8 Å². The number of halogens is 3. The zero-order valence-electron chi connectivity index (χ0n) is 25.4. The van der Waals surface area contributed by atoms with Crippen LogP contribution in [0.5, 0.6) is 5.75 Å². The minimum atomic E-state index is -4.40. The average molecular weight is 662 g/mol. The zero-order chi connectivity index (χ0) is 32.1. The molecule has 1 aliphatic heterocycles. The van der Waals surface area contributed by atoms with Gasteiger partial charge in [0.25, 0.3) is 0 Å². The molecule has 0 bridgehead atoms. The Morgan fingerprint density at radius 1 is 1.07 bits per heavy atom. The van der Waals surface area contributed by atoms with Crippen molar-refractivity contribution in [3.63, 3.8) is 0 Å². The Kier molecular flexibility index (Phi) is 10.8. The van der Waals surface area contributed by atoms with Crippen molar-refractivity contribution >= 4 is 35.0 Å². The summed E-state index contributed by atoms with van der Waals surface area (Å²) < 4.78 is 45.0. The maximum absolute atomic E-state index is 13.2. The van der Waals surface area contributed by atoms with Gasteiger partial charge in [0, 0.05) is 59.7 Å². The Hall–Kier alpha value is -3.09. The molecule has 2 fully saturated rings. The summed E-state index contributed by atoms with van der Waals surface area (Å²) in [6.07, 6.45) is 0.0843. The van der Waals surface area contributed by atoms with Gasteiger partial charge in [0.15, 0.2) is 6.10 Å². The number of alkyl halides is 3. The highest BCUT2D eigenvalue weighted by atomic mass is 32.2. The fraction of sp³-hybridized carbons (Fsp3) is 0.485. The fourth-order valence-corrected chi connectivity index (χ4v) is 7.90. The Labute approximate surface area is 269 Å². The molecule has 0 spiro atoms. The Balaban J connectivity index is 1.29. The minimum Gasteiger partial charge on any atom is -0.479 e. The topological polar surface area (TPSA) is 83.0 Å². The highest BCUT2D eigenvalue weighted by molar-refractivity contribution is 7.98. The van der Waals surface area contributed by atoms with Crippen molar-refractivity contribution in [2.24, 2.45) is 5.92 Å². The predicted molar refractivity (Wildman–Crippen MR) is 169 cm³/mol. The van der Waals surface area contributed by atoms with Crippen molar-refractivity contribution in [2.45, 2.75) is 75.4 Å². The van der Waals surface area contributed by atoms with E-state index in [9.17, 15) is 22.8 Å². The molecular formula is C33H38F3N3O4S2. The number of carbonyl (C=O) groups excluding carboxylic acids is 1. The molecule has 1 atom stereocenters.